The Hall–Kier alpha value is -1.73. The molecule has 6 nitrogen and oxygen atoms in total. The number of aryl methyl sites for hydroxylation is 2. The van der Waals surface area contributed by atoms with E-state index in [1.165, 1.54) is 9.75 Å². The molecule has 1 aliphatic heterocycles. The third-order valence-electron chi connectivity index (χ3n) is 4.47. The standard InChI is InChI=1S/C16H19N3O3S/c1-9-3-4-14(23-9)11-7-12(11)16(20)19-5-6-21-8-13(19)15-18-17-10(2)22-15/h3-4,11-13H,5-8H2,1-2H3/t11-,12+,13-/m0/s1. The summed E-state index contributed by atoms with van der Waals surface area (Å²) < 4.78 is 11.0. The zero-order valence-electron chi connectivity index (χ0n) is 13.2. The van der Waals surface area contributed by atoms with Crippen molar-refractivity contribution in [2.24, 2.45) is 5.92 Å². The molecule has 7 heteroatoms. The van der Waals surface area contributed by atoms with E-state index in [0.717, 1.165) is 6.42 Å². The van der Waals surface area contributed by atoms with Gasteiger partial charge in [-0.3, -0.25) is 4.79 Å². The van der Waals surface area contributed by atoms with Crippen LogP contribution in [0.4, 0.5) is 0 Å². The lowest BCUT2D eigenvalue weighted by Gasteiger charge is -2.33. The van der Waals surface area contributed by atoms with Gasteiger partial charge in [0.05, 0.1) is 13.2 Å². The molecule has 2 fully saturated rings. The highest BCUT2D eigenvalue weighted by atomic mass is 32.1. The van der Waals surface area contributed by atoms with Gasteiger partial charge in [0.2, 0.25) is 17.7 Å². The predicted octanol–water partition coefficient (Wildman–Crippen LogP) is 2.45. The van der Waals surface area contributed by atoms with Crippen molar-refractivity contribution in [3.8, 4) is 0 Å². The SMILES string of the molecule is Cc1nnc([C@@H]2COCCN2C(=O)[C@@H]2C[C@@H]2c2ccc(C)s2)o1. The molecule has 0 N–H and O–H groups in total. The Morgan fingerprint density at radius 3 is 2.91 bits per heavy atom. The Labute approximate surface area is 138 Å². The molecule has 2 aromatic rings. The second-order valence-corrected chi connectivity index (χ2v) is 7.50. The third kappa shape index (κ3) is 2.79. The second-order valence-electron chi connectivity index (χ2n) is 6.18. The van der Waals surface area contributed by atoms with E-state index < -0.39 is 0 Å². The van der Waals surface area contributed by atoms with Crippen molar-refractivity contribution >= 4 is 17.2 Å². The van der Waals surface area contributed by atoms with Crippen molar-refractivity contribution in [3.63, 3.8) is 0 Å². The topological polar surface area (TPSA) is 68.5 Å². The summed E-state index contributed by atoms with van der Waals surface area (Å²) in [5, 5.41) is 7.95. The molecule has 1 aliphatic carbocycles. The summed E-state index contributed by atoms with van der Waals surface area (Å²) >= 11 is 1.79. The van der Waals surface area contributed by atoms with E-state index in [0.29, 0.717) is 37.5 Å². The van der Waals surface area contributed by atoms with E-state index >= 15 is 0 Å². The van der Waals surface area contributed by atoms with E-state index in [1.54, 1.807) is 18.3 Å². The Morgan fingerprint density at radius 2 is 2.22 bits per heavy atom. The highest BCUT2D eigenvalue weighted by Crippen LogP contribution is 2.51. The second kappa shape index (κ2) is 5.72. The summed E-state index contributed by atoms with van der Waals surface area (Å²) in [6.07, 6.45) is 0.936. The fourth-order valence-electron chi connectivity index (χ4n) is 3.17. The summed E-state index contributed by atoms with van der Waals surface area (Å²) in [7, 11) is 0. The highest BCUT2D eigenvalue weighted by molar-refractivity contribution is 7.12. The number of rotatable bonds is 3. The number of hydrogen-bond donors (Lipinski definition) is 0. The van der Waals surface area contributed by atoms with Gasteiger partial charge in [-0.05, 0) is 25.5 Å². The van der Waals surface area contributed by atoms with E-state index in [9.17, 15) is 4.79 Å². The molecule has 0 aromatic carbocycles. The number of hydrogen-bond acceptors (Lipinski definition) is 6. The Bertz CT molecular complexity index is 726. The molecule has 1 amide bonds. The van der Waals surface area contributed by atoms with Crippen LogP contribution in [0.1, 0.15) is 39.9 Å². The zero-order chi connectivity index (χ0) is 16.0. The number of carbonyl (C=O) groups excluding carboxylic acids is 1. The molecule has 2 aliphatic rings. The first-order valence-electron chi connectivity index (χ1n) is 7.88. The van der Waals surface area contributed by atoms with Crippen molar-refractivity contribution in [1.82, 2.24) is 15.1 Å². The maximum absolute atomic E-state index is 12.9. The molecular formula is C16H19N3O3S. The van der Waals surface area contributed by atoms with Gasteiger partial charge < -0.3 is 14.1 Å². The van der Waals surface area contributed by atoms with Crippen LogP contribution in [-0.4, -0.2) is 40.8 Å². The van der Waals surface area contributed by atoms with Crippen LogP contribution < -0.4 is 0 Å². The summed E-state index contributed by atoms with van der Waals surface area (Å²) in [6.45, 7) is 5.41. The van der Waals surface area contributed by atoms with Gasteiger partial charge in [0.1, 0.15) is 6.04 Å². The highest BCUT2D eigenvalue weighted by Gasteiger charge is 2.48. The molecular weight excluding hydrogens is 314 g/mol. The normalized spacial score (nSPS) is 27.2. The van der Waals surface area contributed by atoms with Crippen LogP contribution in [0.15, 0.2) is 16.5 Å². The molecule has 0 radical (unpaired) electrons. The van der Waals surface area contributed by atoms with Crippen LogP contribution in [0.5, 0.6) is 0 Å². The lowest BCUT2D eigenvalue weighted by molar-refractivity contribution is -0.142. The van der Waals surface area contributed by atoms with E-state index in [4.69, 9.17) is 9.15 Å². The molecule has 0 unspecified atom stereocenters. The number of ether oxygens (including phenoxy) is 1. The van der Waals surface area contributed by atoms with Crippen LogP contribution in [0, 0.1) is 19.8 Å². The summed E-state index contributed by atoms with van der Waals surface area (Å²) in [5.41, 5.74) is 0. The fraction of sp³-hybridized carbons (Fsp3) is 0.562. The maximum Gasteiger partial charge on any atom is 0.241 e. The van der Waals surface area contributed by atoms with Crippen molar-refractivity contribution in [3.05, 3.63) is 33.7 Å². The average molecular weight is 333 g/mol. The Kier molecular flexibility index (Phi) is 3.69. The number of aromatic nitrogens is 2. The number of nitrogens with zero attached hydrogens (tertiary/aromatic N) is 3. The van der Waals surface area contributed by atoms with Crippen molar-refractivity contribution in [2.75, 3.05) is 19.8 Å². The predicted molar refractivity (Wildman–Crippen MR) is 84.2 cm³/mol. The lowest BCUT2D eigenvalue weighted by atomic mass is 10.1. The summed E-state index contributed by atoms with van der Waals surface area (Å²) in [4.78, 5) is 17.4. The molecule has 4 rings (SSSR count). The van der Waals surface area contributed by atoms with Gasteiger partial charge in [0.25, 0.3) is 0 Å². The Morgan fingerprint density at radius 1 is 1.35 bits per heavy atom. The molecule has 23 heavy (non-hydrogen) atoms. The van der Waals surface area contributed by atoms with Crippen LogP contribution in [0.2, 0.25) is 0 Å². The van der Waals surface area contributed by atoms with E-state index in [1.807, 2.05) is 4.90 Å². The summed E-state index contributed by atoms with van der Waals surface area (Å²) in [5.74, 6) is 1.62. The quantitative estimate of drug-likeness (QED) is 0.863. The van der Waals surface area contributed by atoms with Gasteiger partial charge >= 0.3 is 0 Å². The minimum absolute atomic E-state index is 0.0812. The third-order valence-corrected chi connectivity index (χ3v) is 5.61. The van der Waals surface area contributed by atoms with Gasteiger partial charge in [0, 0.05) is 35.1 Å². The first-order chi connectivity index (χ1) is 11.1. The first kappa shape index (κ1) is 14.8. The number of thiophene rings is 1. The number of amides is 1. The molecule has 3 atom stereocenters. The van der Waals surface area contributed by atoms with Crippen LogP contribution >= 0.6 is 11.3 Å². The molecule has 122 valence electrons. The van der Waals surface area contributed by atoms with Crippen LogP contribution in [0.3, 0.4) is 0 Å². The molecule has 1 saturated heterocycles. The zero-order valence-corrected chi connectivity index (χ0v) is 14.0. The summed E-state index contributed by atoms with van der Waals surface area (Å²) in [6, 6.07) is 4.01. The van der Waals surface area contributed by atoms with Crippen molar-refractivity contribution in [2.45, 2.75) is 32.2 Å². The first-order valence-corrected chi connectivity index (χ1v) is 8.69. The number of carbonyl (C=O) groups is 1. The largest absolute Gasteiger partial charge is 0.423 e. The van der Waals surface area contributed by atoms with Gasteiger partial charge in [-0.1, -0.05) is 0 Å². The van der Waals surface area contributed by atoms with Crippen molar-refractivity contribution in [1.29, 1.82) is 0 Å². The van der Waals surface area contributed by atoms with Gasteiger partial charge in [-0.2, -0.15) is 0 Å². The molecule has 2 aromatic heterocycles. The fourth-order valence-corrected chi connectivity index (χ4v) is 4.22. The maximum atomic E-state index is 12.9. The lowest BCUT2D eigenvalue weighted by Crippen LogP contribution is -2.44. The molecule has 0 spiro atoms. The molecule has 0 bridgehead atoms. The van der Waals surface area contributed by atoms with Crippen LogP contribution in [-0.2, 0) is 9.53 Å². The molecule has 3 heterocycles. The number of morpholine rings is 1. The minimum atomic E-state index is -0.260. The Balaban J connectivity index is 1.50. The van der Waals surface area contributed by atoms with E-state index in [2.05, 4.69) is 29.3 Å². The van der Waals surface area contributed by atoms with Gasteiger partial charge in [-0.15, -0.1) is 21.5 Å². The van der Waals surface area contributed by atoms with Crippen LogP contribution in [0.25, 0.3) is 0 Å². The van der Waals surface area contributed by atoms with Gasteiger partial charge in [0.15, 0.2) is 0 Å². The van der Waals surface area contributed by atoms with E-state index in [-0.39, 0.29) is 17.9 Å². The average Bonchev–Trinajstić information content (AvgIpc) is 3.05. The minimum Gasteiger partial charge on any atom is -0.423 e. The van der Waals surface area contributed by atoms with Crippen molar-refractivity contribution < 1.29 is 13.9 Å². The monoisotopic (exact) mass is 333 g/mol. The molecule has 1 saturated carbocycles. The van der Waals surface area contributed by atoms with Gasteiger partial charge in [-0.25, -0.2) is 0 Å². The smallest absolute Gasteiger partial charge is 0.241 e.